The number of hydrogen-bond acceptors (Lipinski definition) is 9. The molecule has 14 heavy (non-hydrogen) atoms. The van der Waals surface area contributed by atoms with Gasteiger partial charge in [-0.25, -0.2) is 0 Å². The van der Waals surface area contributed by atoms with Crippen LogP contribution in [0, 0.1) is 73.7 Å². The predicted octanol–water partition coefficient (Wildman–Crippen LogP) is -8.63. The van der Waals surface area contributed by atoms with Crippen LogP contribution in [-0.4, -0.2) is 43.5 Å². The van der Waals surface area contributed by atoms with Gasteiger partial charge in [0.05, 0.1) is 0 Å². The van der Waals surface area contributed by atoms with Gasteiger partial charge in [0.2, 0.25) is 0 Å². The van der Waals surface area contributed by atoms with E-state index in [4.69, 9.17) is 36.6 Å². The van der Waals surface area contributed by atoms with Crippen LogP contribution in [0.3, 0.4) is 0 Å². The van der Waals surface area contributed by atoms with Crippen LogP contribution in [0.5, 0.6) is 0 Å². The third-order valence-corrected chi connectivity index (χ3v) is 0. The van der Waals surface area contributed by atoms with Crippen molar-refractivity contribution in [3.05, 3.63) is 0 Å². The van der Waals surface area contributed by atoms with Crippen LogP contribution in [0.1, 0.15) is 0 Å². The molecule has 9 nitrogen and oxygen atoms in total. The topological polar surface area (TPSA) is 190 Å². The van der Waals surface area contributed by atoms with Crippen LogP contribution in [0.2, 0.25) is 0 Å². The first-order valence-corrected chi connectivity index (χ1v) is 7.79. The summed E-state index contributed by atoms with van der Waals surface area (Å²) in [5.74, 6) is 0. The summed E-state index contributed by atoms with van der Waals surface area (Å²) in [5.41, 5.74) is 0. The molecule has 0 heterocycles. The Labute approximate surface area is 151 Å². The molecule has 0 bridgehead atoms. The number of hydrogen-bond donors (Lipinski definition) is 0. The van der Waals surface area contributed by atoms with Crippen molar-refractivity contribution < 1.29 is 110 Å². The molecule has 0 radical (unpaired) electrons. The fraction of sp³-hybridized carbons (Fsp3) is 0. The summed E-state index contributed by atoms with van der Waals surface area (Å²) in [4.78, 5) is 0. The maximum Gasteiger partial charge on any atom is 3.00 e. The van der Waals surface area contributed by atoms with E-state index in [1.807, 2.05) is 0 Å². The molecule has 14 heteroatoms. The minimum atomic E-state index is -3.79. The third kappa shape index (κ3) is 301. The first-order chi connectivity index (χ1) is 5.20. The van der Waals surface area contributed by atoms with Crippen molar-refractivity contribution in [1.82, 2.24) is 0 Å². The smallest absolute Gasteiger partial charge is 3.00 e. The van der Waals surface area contributed by atoms with Crippen LogP contribution in [0.25, 0.3) is 0 Å². The van der Waals surface area contributed by atoms with E-state index in [1.165, 1.54) is 0 Å². The Balaban J connectivity index is -0.0000000270. The van der Waals surface area contributed by atoms with Crippen LogP contribution in [0.15, 0.2) is 0 Å². The van der Waals surface area contributed by atoms with Crippen molar-refractivity contribution in [3.8, 4) is 0 Å². The molecule has 0 aromatic heterocycles. The van der Waals surface area contributed by atoms with E-state index in [1.54, 1.807) is 0 Å². The summed E-state index contributed by atoms with van der Waals surface area (Å²) in [7, 11) is 0. The SMILES string of the molecule is O=[Se]([O-])[O-].O=[Se]([O-])[O-].O=[Se]([O-])[O-].[Lu+3].[Lu+3]. The minimum absolute atomic E-state index is 0. The van der Waals surface area contributed by atoms with Gasteiger partial charge in [0.25, 0.3) is 0 Å². The molecule has 0 aromatic rings. The van der Waals surface area contributed by atoms with E-state index in [2.05, 4.69) is 0 Å². The van der Waals surface area contributed by atoms with E-state index < -0.39 is 43.5 Å². The van der Waals surface area contributed by atoms with Crippen LogP contribution >= 0.6 is 0 Å². The van der Waals surface area contributed by atoms with Crippen molar-refractivity contribution in [2.45, 2.75) is 0 Å². The molecule has 0 fully saturated rings. The van der Waals surface area contributed by atoms with Crippen LogP contribution in [-0.2, 0) is 11.5 Å². The predicted molar refractivity (Wildman–Crippen MR) is 19.3 cm³/mol. The van der Waals surface area contributed by atoms with Crippen molar-refractivity contribution in [3.63, 3.8) is 0 Å². The molecule has 0 aliphatic carbocycles. The molecular weight excluding hydrogens is 731 g/mol. The summed E-state index contributed by atoms with van der Waals surface area (Å²) in [6, 6.07) is 0. The van der Waals surface area contributed by atoms with Gasteiger partial charge in [-0.1, -0.05) is 0 Å². The molecule has 0 atom stereocenters. The first-order valence-electron chi connectivity index (χ1n) is 1.50. The Hall–Kier alpha value is 3.19. The second kappa shape index (κ2) is 25.1. The van der Waals surface area contributed by atoms with E-state index in [0.717, 1.165) is 0 Å². The standard InChI is InChI=1S/2Lu.3H2O3Se/c;;3*1-4(2)3/h;;3*(H2,1,2,3)/q2*+3;;;/p-6. The van der Waals surface area contributed by atoms with E-state index >= 15 is 0 Å². The van der Waals surface area contributed by atoms with Crippen molar-refractivity contribution in [2.75, 3.05) is 0 Å². The molecule has 0 saturated carbocycles. The van der Waals surface area contributed by atoms with Crippen molar-refractivity contribution >= 4 is 43.5 Å². The fourth-order valence-corrected chi connectivity index (χ4v) is 0. The molecule has 0 aliphatic heterocycles. The average molecular weight is 731 g/mol. The van der Waals surface area contributed by atoms with Gasteiger partial charge in [-0.15, -0.1) is 0 Å². The van der Waals surface area contributed by atoms with E-state index in [-0.39, 0.29) is 73.7 Å². The quantitative estimate of drug-likeness (QED) is 0.218. The van der Waals surface area contributed by atoms with Crippen LogP contribution < -0.4 is 25.1 Å². The van der Waals surface area contributed by atoms with Crippen molar-refractivity contribution in [2.24, 2.45) is 0 Å². The molecule has 0 spiro atoms. The molecule has 0 N–H and O–H groups in total. The number of rotatable bonds is 0. The van der Waals surface area contributed by atoms with Crippen LogP contribution in [0.4, 0.5) is 0 Å². The van der Waals surface area contributed by atoms with Gasteiger partial charge >= 0.3 is 154 Å². The monoisotopic (exact) mass is 734 g/mol. The maximum atomic E-state index is 8.54. The minimum Gasteiger partial charge on any atom is 3.00 e. The Morgan fingerprint density at radius 1 is 0.500 bits per heavy atom. The van der Waals surface area contributed by atoms with Gasteiger partial charge in [0, 0.05) is 0 Å². The Morgan fingerprint density at radius 2 is 0.500 bits per heavy atom. The normalized spacial score (nSPS) is 7.50. The van der Waals surface area contributed by atoms with Gasteiger partial charge < -0.3 is 0 Å². The van der Waals surface area contributed by atoms with Gasteiger partial charge in [0.15, 0.2) is 0 Å². The van der Waals surface area contributed by atoms with Gasteiger partial charge in [-0.3, -0.25) is 0 Å². The summed E-state index contributed by atoms with van der Waals surface area (Å²) in [6.45, 7) is 0. The zero-order chi connectivity index (χ0) is 10.7. The Bertz CT molecular complexity index is 116. The largest absolute Gasteiger partial charge is 3.00 e. The zero-order valence-electron chi connectivity index (χ0n) is 5.42. The second-order valence-electron chi connectivity index (χ2n) is 0.612. The first kappa shape index (κ1) is 30.3. The van der Waals surface area contributed by atoms with Gasteiger partial charge in [-0.05, 0) is 0 Å². The molecule has 0 amide bonds. The zero-order valence-corrected chi connectivity index (χ0v) is 13.9. The van der Waals surface area contributed by atoms with E-state index in [0.29, 0.717) is 0 Å². The van der Waals surface area contributed by atoms with Gasteiger partial charge in [0.1, 0.15) is 0 Å². The molecule has 102 valence electrons. The average Bonchev–Trinajstić information content (AvgIpc) is 1.54. The molecule has 0 aromatic carbocycles. The molecule has 0 aliphatic rings. The summed E-state index contributed by atoms with van der Waals surface area (Å²) < 4.78 is 76.9. The van der Waals surface area contributed by atoms with E-state index in [9.17, 15) is 0 Å². The molecular formula is Lu2O9Se3. The summed E-state index contributed by atoms with van der Waals surface area (Å²) in [6.07, 6.45) is 0. The maximum absolute atomic E-state index is 8.54. The molecule has 0 unspecified atom stereocenters. The fourth-order valence-electron chi connectivity index (χ4n) is 0. The molecule has 0 rings (SSSR count). The van der Waals surface area contributed by atoms with Crippen molar-refractivity contribution in [1.29, 1.82) is 0 Å². The third-order valence-electron chi connectivity index (χ3n) is 0. The second-order valence-corrected chi connectivity index (χ2v) is 3.18. The Kier molecular flexibility index (Phi) is 54.4. The summed E-state index contributed by atoms with van der Waals surface area (Å²) >= 11 is -11.4. The Morgan fingerprint density at radius 3 is 0.500 bits per heavy atom. The summed E-state index contributed by atoms with van der Waals surface area (Å²) in [5, 5.41) is 0. The van der Waals surface area contributed by atoms with Gasteiger partial charge in [-0.2, -0.15) is 0 Å². The molecule has 0 saturated heterocycles.